The molecule has 9 nitrogen and oxygen atoms in total. The van der Waals surface area contributed by atoms with E-state index in [2.05, 4.69) is 15.1 Å². The molecule has 0 saturated heterocycles. The van der Waals surface area contributed by atoms with Crippen molar-refractivity contribution < 1.29 is 19.1 Å². The van der Waals surface area contributed by atoms with Gasteiger partial charge < -0.3 is 9.64 Å². The zero-order chi connectivity index (χ0) is 23.8. The predicted octanol–water partition coefficient (Wildman–Crippen LogP) is 3.05. The lowest BCUT2D eigenvalue weighted by Gasteiger charge is -2.43. The largest absolute Gasteiger partial charge is 0.450 e. The fourth-order valence-electron chi connectivity index (χ4n) is 4.38. The molecule has 0 N–H and O–H groups in total. The van der Waals surface area contributed by atoms with Crippen LogP contribution in [0, 0.1) is 13.8 Å². The van der Waals surface area contributed by atoms with E-state index in [1.807, 2.05) is 19.9 Å². The number of ether oxygens (including phenoxy) is 1. The average molecular weight is 470 g/mol. The number of aryl methyl sites for hydroxylation is 2. The van der Waals surface area contributed by atoms with E-state index in [1.54, 1.807) is 31.3 Å². The van der Waals surface area contributed by atoms with E-state index in [9.17, 15) is 14.4 Å². The number of halogens is 1. The molecule has 0 spiro atoms. The molecule has 0 bridgehead atoms. The molecule has 10 heteroatoms. The van der Waals surface area contributed by atoms with E-state index >= 15 is 0 Å². The summed E-state index contributed by atoms with van der Waals surface area (Å²) in [6.07, 6.45) is 2.32. The van der Waals surface area contributed by atoms with Gasteiger partial charge in [-0.25, -0.2) is 14.3 Å². The molecule has 1 atom stereocenters. The van der Waals surface area contributed by atoms with Crippen molar-refractivity contribution in [2.75, 3.05) is 13.7 Å². The molecule has 2 heterocycles. The molecular formula is C23H24ClN5O4. The number of esters is 1. The summed E-state index contributed by atoms with van der Waals surface area (Å²) in [5.74, 6) is -1.37. The van der Waals surface area contributed by atoms with Crippen molar-refractivity contribution in [1.82, 2.24) is 24.5 Å². The molecule has 4 rings (SSSR count). The summed E-state index contributed by atoms with van der Waals surface area (Å²) in [7, 11) is 1.54. The maximum atomic E-state index is 13.1. The number of Topliss-reactive ketones (excluding diaryl/α,β-unsaturated/α-hetero) is 1. The fraction of sp³-hybridized carbons (Fsp3) is 0.391. The Morgan fingerprint density at radius 3 is 2.70 bits per heavy atom. The molecule has 1 amide bonds. The number of rotatable bonds is 5. The van der Waals surface area contributed by atoms with Gasteiger partial charge in [-0.2, -0.15) is 4.98 Å². The van der Waals surface area contributed by atoms with Crippen molar-refractivity contribution >= 4 is 35.0 Å². The summed E-state index contributed by atoms with van der Waals surface area (Å²) in [4.78, 5) is 48.5. The van der Waals surface area contributed by atoms with Crippen molar-refractivity contribution in [2.45, 2.75) is 45.1 Å². The van der Waals surface area contributed by atoms with Gasteiger partial charge in [0.25, 0.3) is 17.5 Å². The van der Waals surface area contributed by atoms with E-state index in [0.29, 0.717) is 23.4 Å². The van der Waals surface area contributed by atoms with Crippen molar-refractivity contribution in [3.8, 4) is 0 Å². The molecule has 1 saturated carbocycles. The van der Waals surface area contributed by atoms with Crippen molar-refractivity contribution in [1.29, 1.82) is 0 Å². The van der Waals surface area contributed by atoms with Crippen LogP contribution in [0.1, 0.15) is 53.3 Å². The summed E-state index contributed by atoms with van der Waals surface area (Å²) in [6, 6.07) is 8.84. The molecule has 0 unspecified atom stereocenters. The molecule has 1 aliphatic rings. The number of aromatic nitrogens is 4. The van der Waals surface area contributed by atoms with Crippen molar-refractivity contribution in [3.05, 3.63) is 58.1 Å². The van der Waals surface area contributed by atoms with Gasteiger partial charge in [-0.3, -0.25) is 9.59 Å². The minimum atomic E-state index is -1.19. The predicted molar refractivity (Wildman–Crippen MR) is 120 cm³/mol. The van der Waals surface area contributed by atoms with Gasteiger partial charge >= 0.3 is 5.97 Å². The van der Waals surface area contributed by atoms with Gasteiger partial charge in [0.2, 0.25) is 0 Å². The number of likely N-dealkylation sites (N-methyl/N-ethyl adjacent to an activating group) is 1. The van der Waals surface area contributed by atoms with Crippen LogP contribution in [-0.2, 0) is 19.9 Å². The molecule has 2 aromatic heterocycles. The van der Waals surface area contributed by atoms with Gasteiger partial charge in [0.15, 0.2) is 12.4 Å². The first kappa shape index (κ1) is 22.8. The van der Waals surface area contributed by atoms with Crippen LogP contribution >= 0.6 is 11.6 Å². The number of fused-ring (bicyclic) bond motifs is 1. The van der Waals surface area contributed by atoms with Crippen LogP contribution in [0.2, 0.25) is 5.02 Å². The topological polar surface area (TPSA) is 107 Å². The van der Waals surface area contributed by atoms with Crippen LogP contribution in [0.5, 0.6) is 0 Å². The number of benzene rings is 1. The molecule has 1 fully saturated rings. The van der Waals surface area contributed by atoms with E-state index < -0.39 is 24.0 Å². The van der Waals surface area contributed by atoms with E-state index in [4.69, 9.17) is 16.3 Å². The number of nitrogens with zero attached hydrogens (tertiary/aromatic N) is 5. The molecule has 0 radical (unpaired) electrons. The average Bonchev–Trinajstić information content (AvgIpc) is 3.22. The Balaban J connectivity index is 1.54. The smallest absolute Gasteiger partial charge is 0.378 e. The highest BCUT2D eigenvalue weighted by atomic mass is 35.5. The number of carbonyl (C=O) groups is 3. The second kappa shape index (κ2) is 8.90. The highest BCUT2D eigenvalue weighted by molar-refractivity contribution is 6.31. The summed E-state index contributed by atoms with van der Waals surface area (Å²) in [6.45, 7) is 3.07. The van der Waals surface area contributed by atoms with Crippen LogP contribution in [0.15, 0.2) is 30.3 Å². The number of carbonyl (C=O) groups excluding carboxylic acids is 3. The van der Waals surface area contributed by atoms with Gasteiger partial charge in [0.1, 0.15) is 5.54 Å². The monoisotopic (exact) mass is 469 g/mol. The van der Waals surface area contributed by atoms with Crippen molar-refractivity contribution in [3.63, 3.8) is 0 Å². The van der Waals surface area contributed by atoms with E-state index in [-0.39, 0.29) is 17.4 Å². The summed E-state index contributed by atoms with van der Waals surface area (Å²) < 4.78 is 6.64. The Hall–Kier alpha value is -3.33. The minimum absolute atomic E-state index is 0.0806. The maximum Gasteiger partial charge on any atom is 0.378 e. The lowest BCUT2D eigenvalue weighted by Crippen LogP contribution is -2.55. The molecule has 1 aliphatic carbocycles. The Labute approximate surface area is 195 Å². The van der Waals surface area contributed by atoms with Crippen LogP contribution in [0.25, 0.3) is 5.78 Å². The molecular weight excluding hydrogens is 446 g/mol. The standard InChI is InChI=1S/C23H24ClN5O4/c1-14-12-15(2)29-22(25-14)26-20(27-29)21(32)33-13-19(31)28(3)23(11-7-6-10-18(23)30)16-8-4-5-9-17(16)24/h4-5,8-9,12H,6-7,10-11,13H2,1-3H3/t23-/m0/s1. The zero-order valence-corrected chi connectivity index (χ0v) is 19.4. The van der Waals surface area contributed by atoms with Gasteiger partial charge in [-0.1, -0.05) is 29.8 Å². The third-order valence-electron chi connectivity index (χ3n) is 6.05. The zero-order valence-electron chi connectivity index (χ0n) is 18.7. The molecule has 3 aromatic rings. The van der Waals surface area contributed by atoms with E-state index in [0.717, 1.165) is 24.2 Å². The Morgan fingerprint density at radius 1 is 1.21 bits per heavy atom. The van der Waals surface area contributed by atoms with Crippen LogP contribution < -0.4 is 0 Å². The SMILES string of the molecule is Cc1cc(C)n2nc(C(=O)OCC(=O)N(C)[C@]3(c4ccccc4Cl)CCCCC3=O)nc2n1. The third kappa shape index (κ3) is 4.08. The molecule has 1 aromatic carbocycles. The molecule has 172 valence electrons. The van der Waals surface area contributed by atoms with Crippen molar-refractivity contribution in [2.24, 2.45) is 0 Å². The van der Waals surface area contributed by atoms with Crippen LogP contribution in [0.3, 0.4) is 0 Å². The highest BCUT2D eigenvalue weighted by Crippen LogP contribution is 2.42. The van der Waals surface area contributed by atoms with Crippen LogP contribution in [-0.4, -0.2) is 55.8 Å². The second-order valence-corrected chi connectivity index (χ2v) is 8.59. The number of hydrogen-bond acceptors (Lipinski definition) is 7. The first-order valence-corrected chi connectivity index (χ1v) is 11.0. The Kier molecular flexibility index (Phi) is 6.16. The maximum absolute atomic E-state index is 13.1. The van der Waals surface area contributed by atoms with Crippen LogP contribution in [0.4, 0.5) is 0 Å². The van der Waals surface area contributed by atoms with Gasteiger partial charge in [0.05, 0.1) is 0 Å². The first-order chi connectivity index (χ1) is 15.7. The normalized spacial score (nSPS) is 18.4. The summed E-state index contributed by atoms with van der Waals surface area (Å²) in [5.41, 5.74) is 0.890. The quantitative estimate of drug-likeness (QED) is 0.528. The Bertz CT molecular complexity index is 1260. The van der Waals surface area contributed by atoms with Gasteiger partial charge in [-0.15, -0.1) is 5.10 Å². The molecule has 33 heavy (non-hydrogen) atoms. The number of ketones is 1. The third-order valence-corrected chi connectivity index (χ3v) is 6.38. The fourth-order valence-corrected chi connectivity index (χ4v) is 4.68. The second-order valence-electron chi connectivity index (χ2n) is 8.19. The first-order valence-electron chi connectivity index (χ1n) is 10.7. The highest BCUT2D eigenvalue weighted by Gasteiger charge is 2.48. The van der Waals surface area contributed by atoms with E-state index in [1.165, 1.54) is 9.42 Å². The van der Waals surface area contributed by atoms with Gasteiger partial charge in [0, 0.05) is 35.4 Å². The summed E-state index contributed by atoms with van der Waals surface area (Å²) >= 11 is 6.43. The number of amides is 1. The lowest BCUT2D eigenvalue weighted by molar-refractivity contribution is -0.150. The summed E-state index contributed by atoms with van der Waals surface area (Å²) in [5, 5.41) is 4.54. The number of hydrogen-bond donors (Lipinski definition) is 0. The van der Waals surface area contributed by atoms with Gasteiger partial charge in [-0.05, 0) is 45.2 Å². The lowest BCUT2D eigenvalue weighted by atomic mass is 9.74. The minimum Gasteiger partial charge on any atom is -0.450 e. The molecule has 0 aliphatic heterocycles. The Morgan fingerprint density at radius 2 is 1.97 bits per heavy atom.